The fraction of sp³-hybridized carbons (Fsp3) is 0.586. The summed E-state index contributed by atoms with van der Waals surface area (Å²) in [4.78, 5) is 2.51. The summed E-state index contributed by atoms with van der Waals surface area (Å²) >= 11 is 0. The normalized spacial score (nSPS) is 23.3. The molecule has 5 heteroatoms. The monoisotopic (exact) mass is 467 g/mol. The van der Waals surface area contributed by atoms with E-state index in [1.54, 1.807) is 0 Å². The largest absolute Gasteiger partial charge is 0.491 e. The van der Waals surface area contributed by atoms with Crippen molar-refractivity contribution in [2.75, 3.05) is 33.4 Å². The zero-order valence-electron chi connectivity index (χ0n) is 20.9. The molecule has 1 saturated heterocycles. The van der Waals surface area contributed by atoms with Crippen molar-refractivity contribution >= 4 is 0 Å². The highest BCUT2D eigenvalue weighted by Crippen LogP contribution is 2.30. The third-order valence-corrected chi connectivity index (χ3v) is 7.57. The molecule has 0 aromatic heterocycles. The molecule has 0 bridgehead atoms. The zero-order valence-corrected chi connectivity index (χ0v) is 20.9. The quantitative estimate of drug-likeness (QED) is 0.526. The number of nitrogens with zero attached hydrogens (tertiary/aromatic N) is 1. The number of aryl methyl sites for hydroxylation is 1. The van der Waals surface area contributed by atoms with Gasteiger partial charge in [0.05, 0.1) is 5.60 Å². The van der Waals surface area contributed by atoms with Crippen molar-refractivity contribution in [3.05, 3.63) is 59.7 Å². The van der Waals surface area contributed by atoms with Crippen LogP contribution in [0.15, 0.2) is 48.5 Å². The maximum atomic E-state index is 10.7. The number of likely N-dealkylation sites (tertiary alicyclic amines) is 1. The first kappa shape index (κ1) is 25.0. The number of aliphatic hydroxyl groups is 1. The predicted molar refractivity (Wildman–Crippen MR) is 136 cm³/mol. The van der Waals surface area contributed by atoms with Crippen LogP contribution in [0, 0.1) is 6.92 Å². The minimum Gasteiger partial charge on any atom is -0.491 e. The maximum Gasteiger partial charge on any atom is 0.119 e. The van der Waals surface area contributed by atoms with E-state index >= 15 is 0 Å². The molecule has 2 aromatic carbocycles. The van der Waals surface area contributed by atoms with Crippen molar-refractivity contribution in [2.45, 2.75) is 76.0 Å². The molecule has 1 unspecified atom stereocenters. The standard InChI is InChI=1S/C29H41NO4/c1-24-7-11-26(12-8-24)34-23-29(32-2)17-6-19-30(20-18-29)21-25-9-13-27(14-10-25)33-22-28(31)15-4-3-5-16-28/h7-14,31H,3-6,15-23H2,1-2H3. The van der Waals surface area contributed by atoms with Gasteiger partial charge >= 0.3 is 0 Å². The Hall–Kier alpha value is -2.08. The summed E-state index contributed by atoms with van der Waals surface area (Å²) < 4.78 is 18.1. The van der Waals surface area contributed by atoms with Gasteiger partial charge in [0.2, 0.25) is 0 Å². The molecule has 2 fully saturated rings. The second kappa shape index (κ2) is 11.6. The molecule has 1 N–H and O–H groups in total. The Bertz CT molecular complexity index is 876. The summed E-state index contributed by atoms with van der Waals surface area (Å²) in [7, 11) is 1.82. The van der Waals surface area contributed by atoms with Gasteiger partial charge in [0, 0.05) is 20.2 Å². The van der Waals surface area contributed by atoms with Gasteiger partial charge < -0.3 is 19.3 Å². The molecule has 0 radical (unpaired) electrons. The van der Waals surface area contributed by atoms with Gasteiger partial charge in [-0.3, -0.25) is 4.90 Å². The molecule has 1 aliphatic carbocycles. The molecule has 2 aliphatic rings. The van der Waals surface area contributed by atoms with Crippen LogP contribution < -0.4 is 9.47 Å². The van der Waals surface area contributed by atoms with Gasteiger partial charge in [-0.05, 0) is 75.4 Å². The summed E-state index contributed by atoms with van der Waals surface area (Å²) in [5.41, 5.74) is 1.63. The van der Waals surface area contributed by atoms with Crippen molar-refractivity contribution in [1.29, 1.82) is 0 Å². The Morgan fingerprint density at radius 1 is 0.765 bits per heavy atom. The van der Waals surface area contributed by atoms with E-state index in [4.69, 9.17) is 14.2 Å². The predicted octanol–water partition coefficient (Wildman–Crippen LogP) is 5.52. The number of ether oxygens (including phenoxy) is 3. The van der Waals surface area contributed by atoms with Crippen LogP contribution in [0.5, 0.6) is 11.5 Å². The molecule has 5 nitrogen and oxygen atoms in total. The Morgan fingerprint density at radius 3 is 2.09 bits per heavy atom. The van der Waals surface area contributed by atoms with Gasteiger partial charge in [0.25, 0.3) is 0 Å². The summed E-state index contributed by atoms with van der Waals surface area (Å²) in [5.74, 6) is 1.74. The van der Waals surface area contributed by atoms with E-state index in [1.807, 2.05) is 31.4 Å². The Balaban J connectivity index is 1.26. The lowest BCUT2D eigenvalue weighted by molar-refractivity contribution is -0.0541. The second-order valence-corrected chi connectivity index (χ2v) is 10.3. The van der Waals surface area contributed by atoms with Gasteiger partial charge in [-0.2, -0.15) is 0 Å². The molecule has 0 amide bonds. The van der Waals surface area contributed by atoms with Crippen LogP contribution in [-0.4, -0.2) is 54.6 Å². The molecule has 186 valence electrons. The number of hydrogen-bond donors (Lipinski definition) is 1. The van der Waals surface area contributed by atoms with Gasteiger partial charge in [-0.15, -0.1) is 0 Å². The highest BCUT2D eigenvalue weighted by Gasteiger charge is 2.34. The fourth-order valence-corrected chi connectivity index (χ4v) is 5.16. The SMILES string of the molecule is COC1(COc2ccc(C)cc2)CCCN(Cc2ccc(OCC3(O)CCCCC3)cc2)CC1. The van der Waals surface area contributed by atoms with E-state index in [2.05, 4.69) is 36.1 Å². The minimum atomic E-state index is -0.653. The Kier molecular flexibility index (Phi) is 8.51. The average Bonchev–Trinajstić information content (AvgIpc) is 3.06. The first-order valence-corrected chi connectivity index (χ1v) is 12.9. The van der Waals surface area contributed by atoms with Gasteiger partial charge in [-0.25, -0.2) is 0 Å². The van der Waals surface area contributed by atoms with Crippen LogP contribution in [0.1, 0.15) is 62.5 Å². The summed E-state index contributed by atoms with van der Waals surface area (Å²) in [6, 6.07) is 16.6. The van der Waals surface area contributed by atoms with Crippen molar-refractivity contribution < 1.29 is 19.3 Å². The summed E-state index contributed by atoms with van der Waals surface area (Å²) in [6.07, 6.45) is 8.15. The van der Waals surface area contributed by atoms with E-state index in [1.165, 1.54) is 17.5 Å². The van der Waals surface area contributed by atoms with Crippen molar-refractivity contribution in [1.82, 2.24) is 4.90 Å². The molecule has 1 saturated carbocycles. The molecule has 2 aromatic rings. The smallest absolute Gasteiger partial charge is 0.119 e. The third kappa shape index (κ3) is 6.97. The minimum absolute atomic E-state index is 0.239. The second-order valence-electron chi connectivity index (χ2n) is 10.3. The van der Waals surface area contributed by atoms with Crippen molar-refractivity contribution in [2.24, 2.45) is 0 Å². The fourth-order valence-electron chi connectivity index (χ4n) is 5.16. The molecule has 34 heavy (non-hydrogen) atoms. The highest BCUT2D eigenvalue weighted by molar-refractivity contribution is 5.28. The molecule has 1 atom stereocenters. The van der Waals surface area contributed by atoms with E-state index in [-0.39, 0.29) is 5.60 Å². The van der Waals surface area contributed by atoms with Crippen molar-refractivity contribution in [3.63, 3.8) is 0 Å². The van der Waals surface area contributed by atoms with E-state index in [0.29, 0.717) is 13.2 Å². The number of rotatable bonds is 9. The molecule has 4 rings (SSSR count). The first-order valence-electron chi connectivity index (χ1n) is 12.9. The Morgan fingerprint density at radius 2 is 1.41 bits per heavy atom. The van der Waals surface area contributed by atoms with Crippen LogP contribution in [-0.2, 0) is 11.3 Å². The molecule has 1 heterocycles. The maximum absolute atomic E-state index is 10.7. The molecular formula is C29H41NO4. The molecular weight excluding hydrogens is 426 g/mol. The summed E-state index contributed by atoms with van der Waals surface area (Å²) in [5, 5.41) is 10.7. The average molecular weight is 468 g/mol. The van der Waals surface area contributed by atoms with Crippen LogP contribution in [0.4, 0.5) is 0 Å². The lowest BCUT2D eigenvalue weighted by atomic mass is 9.85. The van der Waals surface area contributed by atoms with Gasteiger partial charge in [0.15, 0.2) is 0 Å². The molecule has 0 spiro atoms. The van der Waals surface area contributed by atoms with Crippen LogP contribution in [0.2, 0.25) is 0 Å². The summed E-state index contributed by atoms with van der Waals surface area (Å²) in [6.45, 7) is 6.02. The lowest BCUT2D eigenvalue weighted by Gasteiger charge is -2.31. The highest BCUT2D eigenvalue weighted by atomic mass is 16.5. The number of benzene rings is 2. The van der Waals surface area contributed by atoms with E-state index in [0.717, 1.165) is 76.1 Å². The third-order valence-electron chi connectivity index (χ3n) is 7.57. The number of methoxy groups -OCH3 is 1. The first-order chi connectivity index (χ1) is 16.5. The van der Waals surface area contributed by atoms with Gasteiger partial charge in [-0.1, -0.05) is 49.1 Å². The van der Waals surface area contributed by atoms with E-state index in [9.17, 15) is 5.11 Å². The van der Waals surface area contributed by atoms with Crippen LogP contribution in [0.3, 0.4) is 0 Å². The topological polar surface area (TPSA) is 51.2 Å². The molecule has 1 aliphatic heterocycles. The van der Waals surface area contributed by atoms with Crippen molar-refractivity contribution in [3.8, 4) is 11.5 Å². The lowest BCUT2D eigenvalue weighted by Crippen LogP contribution is -2.39. The zero-order chi connectivity index (χ0) is 23.9. The van der Waals surface area contributed by atoms with Crippen LogP contribution >= 0.6 is 0 Å². The van der Waals surface area contributed by atoms with E-state index < -0.39 is 5.60 Å². The van der Waals surface area contributed by atoms with Crippen LogP contribution in [0.25, 0.3) is 0 Å². The van der Waals surface area contributed by atoms with Gasteiger partial charge in [0.1, 0.15) is 30.3 Å². The number of hydrogen-bond acceptors (Lipinski definition) is 5. The Labute approximate surface area is 205 Å².